The van der Waals surface area contributed by atoms with E-state index in [1.165, 1.54) is 12.8 Å². The molecule has 0 amide bonds. The second kappa shape index (κ2) is 6.64. The molecule has 0 aromatic carbocycles. The summed E-state index contributed by atoms with van der Waals surface area (Å²) >= 11 is 0. The molecule has 0 aromatic heterocycles. The first-order valence-corrected chi connectivity index (χ1v) is 7.70. The fraction of sp³-hybridized carbons (Fsp3) is 1.00. The lowest BCUT2D eigenvalue weighted by molar-refractivity contribution is 0.324. The van der Waals surface area contributed by atoms with E-state index in [9.17, 15) is 4.21 Å². The normalized spacial score (nSPS) is 33.9. The molecule has 3 heteroatoms. The molecule has 0 bridgehead atoms. The Labute approximate surface area is 96.5 Å². The Morgan fingerprint density at radius 2 is 2.07 bits per heavy atom. The highest BCUT2D eigenvalue weighted by Crippen LogP contribution is 2.29. The van der Waals surface area contributed by atoms with Crippen LogP contribution < -0.4 is 5.73 Å². The van der Waals surface area contributed by atoms with Crippen molar-refractivity contribution >= 4 is 10.8 Å². The number of unbranched alkanes of at least 4 members (excludes halogenated alkanes) is 1. The van der Waals surface area contributed by atoms with E-state index in [1.807, 2.05) is 0 Å². The summed E-state index contributed by atoms with van der Waals surface area (Å²) in [6, 6.07) is 0.186. The summed E-state index contributed by atoms with van der Waals surface area (Å²) in [6.07, 6.45) is 6.82. The Hall–Kier alpha value is 0.110. The van der Waals surface area contributed by atoms with Crippen LogP contribution in [0.5, 0.6) is 0 Å². The van der Waals surface area contributed by atoms with Crippen molar-refractivity contribution in [3.8, 4) is 0 Å². The molecule has 0 aromatic rings. The van der Waals surface area contributed by atoms with Gasteiger partial charge in [-0.1, -0.05) is 26.7 Å². The maximum Gasteiger partial charge on any atom is 0.0501 e. The molecule has 0 radical (unpaired) electrons. The molecule has 90 valence electrons. The zero-order valence-electron chi connectivity index (χ0n) is 10.1. The van der Waals surface area contributed by atoms with Gasteiger partial charge in [-0.2, -0.15) is 0 Å². The summed E-state index contributed by atoms with van der Waals surface area (Å²) in [7, 11) is -0.684. The first-order chi connectivity index (χ1) is 7.19. The molecule has 1 aliphatic carbocycles. The van der Waals surface area contributed by atoms with Gasteiger partial charge in [-0.3, -0.25) is 4.21 Å². The van der Waals surface area contributed by atoms with Gasteiger partial charge in [0.25, 0.3) is 0 Å². The minimum Gasteiger partial charge on any atom is -0.327 e. The lowest BCUT2D eigenvalue weighted by Crippen LogP contribution is -2.43. The largest absolute Gasteiger partial charge is 0.327 e. The quantitative estimate of drug-likeness (QED) is 0.790. The minimum absolute atomic E-state index is 0.186. The molecular weight excluding hydrogens is 206 g/mol. The van der Waals surface area contributed by atoms with Gasteiger partial charge in [0.05, 0.1) is 5.25 Å². The highest BCUT2D eigenvalue weighted by Gasteiger charge is 2.30. The van der Waals surface area contributed by atoms with Gasteiger partial charge < -0.3 is 5.73 Å². The molecule has 4 atom stereocenters. The molecule has 0 spiro atoms. The predicted octanol–water partition coefficient (Wildman–Crippen LogP) is 2.44. The molecular formula is C12H25NOS. The molecule has 1 rings (SSSR count). The molecule has 1 fully saturated rings. The summed E-state index contributed by atoms with van der Waals surface area (Å²) < 4.78 is 12.1. The molecule has 2 N–H and O–H groups in total. The van der Waals surface area contributed by atoms with Crippen molar-refractivity contribution in [1.82, 2.24) is 0 Å². The van der Waals surface area contributed by atoms with Crippen molar-refractivity contribution < 1.29 is 4.21 Å². The minimum atomic E-state index is -0.684. The van der Waals surface area contributed by atoms with Crippen LogP contribution in [0.2, 0.25) is 0 Å². The number of nitrogens with two attached hydrogens (primary N) is 1. The molecule has 4 unspecified atom stereocenters. The fourth-order valence-electron chi connectivity index (χ4n) is 2.35. The summed E-state index contributed by atoms with van der Waals surface area (Å²) in [5, 5.41) is 0.273. The maximum absolute atomic E-state index is 12.1. The van der Waals surface area contributed by atoms with Crippen LogP contribution in [0.15, 0.2) is 0 Å². The summed E-state index contributed by atoms with van der Waals surface area (Å²) in [6.45, 7) is 4.38. The van der Waals surface area contributed by atoms with Crippen molar-refractivity contribution in [2.75, 3.05) is 5.75 Å². The monoisotopic (exact) mass is 231 g/mol. The number of rotatable bonds is 5. The Morgan fingerprint density at radius 1 is 1.33 bits per heavy atom. The molecule has 0 aliphatic heterocycles. The highest BCUT2D eigenvalue weighted by molar-refractivity contribution is 7.85. The standard InChI is InChI=1S/C12H25NOS/c1-3-5-8-15(14)12-9-10(4-2)6-7-11(12)13/h10-12H,3-9,13H2,1-2H3. The first-order valence-electron chi connectivity index (χ1n) is 6.31. The van der Waals surface area contributed by atoms with Crippen LogP contribution in [0.1, 0.15) is 52.4 Å². The van der Waals surface area contributed by atoms with Gasteiger partial charge in [0.15, 0.2) is 0 Å². The Morgan fingerprint density at radius 3 is 2.67 bits per heavy atom. The zero-order chi connectivity index (χ0) is 11.3. The zero-order valence-corrected chi connectivity index (χ0v) is 10.9. The summed E-state index contributed by atoms with van der Waals surface area (Å²) in [5.41, 5.74) is 6.08. The third kappa shape index (κ3) is 3.87. The van der Waals surface area contributed by atoms with Crippen LogP contribution in [0, 0.1) is 5.92 Å². The molecule has 1 saturated carbocycles. The van der Waals surface area contributed by atoms with Crippen molar-refractivity contribution in [3.63, 3.8) is 0 Å². The first kappa shape index (κ1) is 13.2. The van der Waals surface area contributed by atoms with E-state index in [0.29, 0.717) is 0 Å². The molecule has 15 heavy (non-hydrogen) atoms. The van der Waals surface area contributed by atoms with Crippen molar-refractivity contribution in [3.05, 3.63) is 0 Å². The Kier molecular flexibility index (Phi) is 5.83. The van der Waals surface area contributed by atoms with Crippen molar-refractivity contribution in [1.29, 1.82) is 0 Å². The smallest absolute Gasteiger partial charge is 0.0501 e. The average molecular weight is 231 g/mol. The fourth-order valence-corrected chi connectivity index (χ4v) is 4.24. The van der Waals surface area contributed by atoms with Crippen LogP contribution in [0.3, 0.4) is 0 Å². The molecule has 2 nitrogen and oxygen atoms in total. The van der Waals surface area contributed by atoms with Crippen LogP contribution in [0.4, 0.5) is 0 Å². The lowest BCUT2D eigenvalue weighted by atomic mass is 9.84. The topological polar surface area (TPSA) is 43.1 Å². The van der Waals surface area contributed by atoms with Crippen molar-refractivity contribution in [2.45, 2.75) is 63.7 Å². The van der Waals surface area contributed by atoms with E-state index in [1.54, 1.807) is 0 Å². The second-order valence-corrected chi connectivity index (χ2v) is 6.50. The van der Waals surface area contributed by atoms with Crippen LogP contribution in [0.25, 0.3) is 0 Å². The molecule has 0 heterocycles. The highest BCUT2D eigenvalue weighted by atomic mass is 32.2. The van der Waals surface area contributed by atoms with E-state index in [-0.39, 0.29) is 11.3 Å². The van der Waals surface area contributed by atoms with Crippen molar-refractivity contribution in [2.24, 2.45) is 11.7 Å². The SMILES string of the molecule is CCCCS(=O)C1CC(CC)CCC1N. The third-order valence-corrected chi connectivity index (χ3v) is 5.47. The van der Waals surface area contributed by atoms with E-state index in [0.717, 1.165) is 37.4 Å². The Balaban J connectivity index is 2.46. The average Bonchev–Trinajstić information content (AvgIpc) is 2.26. The van der Waals surface area contributed by atoms with Gasteiger partial charge in [0.1, 0.15) is 0 Å². The van der Waals surface area contributed by atoms with Gasteiger partial charge in [-0.25, -0.2) is 0 Å². The molecule has 1 aliphatic rings. The Bertz CT molecular complexity index is 208. The molecule has 0 saturated heterocycles. The lowest BCUT2D eigenvalue weighted by Gasteiger charge is -2.33. The van der Waals surface area contributed by atoms with Crippen LogP contribution >= 0.6 is 0 Å². The van der Waals surface area contributed by atoms with Crippen LogP contribution in [-0.4, -0.2) is 21.3 Å². The number of hydrogen-bond donors (Lipinski definition) is 1. The maximum atomic E-state index is 12.1. The summed E-state index contributed by atoms with van der Waals surface area (Å²) in [4.78, 5) is 0. The van der Waals surface area contributed by atoms with Gasteiger partial charge in [-0.15, -0.1) is 0 Å². The number of hydrogen-bond acceptors (Lipinski definition) is 2. The van der Waals surface area contributed by atoms with Gasteiger partial charge in [-0.05, 0) is 31.6 Å². The van der Waals surface area contributed by atoms with Gasteiger partial charge >= 0.3 is 0 Å². The van der Waals surface area contributed by atoms with E-state index in [2.05, 4.69) is 13.8 Å². The third-order valence-electron chi connectivity index (χ3n) is 3.57. The van der Waals surface area contributed by atoms with E-state index >= 15 is 0 Å². The second-order valence-electron chi connectivity index (χ2n) is 4.73. The van der Waals surface area contributed by atoms with Gasteiger partial charge in [0.2, 0.25) is 0 Å². The van der Waals surface area contributed by atoms with E-state index < -0.39 is 10.8 Å². The van der Waals surface area contributed by atoms with Crippen LogP contribution in [-0.2, 0) is 10.8 Å². The predicted molar refractivity (Wildman–Crippen MR) is 67.3 cm³/mol. The van der Waals surface area contributed by atoms with E-state index in [4.69, 9.17) is 5.73 Å². The van der Waals surface area contributed by atoms with Gasteiger partial charge in [0, 0.05) is 22.6 Å². The summed E-state index contributed by atoms with van der Waals surface area (Å²) in [5.74, 6) is 1.62.